The molecule has 0 spiro atoms. The average Bonchev–Trinajstić information content (AvgIpc) is 2.28. The molecule has 0 saturated carbocycles. The average molecular weight is 286 g/mol. The van der Waals surface area contributed by atoms with E-state index in [2.05, 4.69) is 26.2 Å². The summed E-state index contributed by atoms with van der Waals surface area (Å²) < 4.78 is 0.757. The van der Waals surface area contributed by atoms with Gasteiger partial charge in [0.15, 0.2) is 0 Å². The monoisotopic (exact) mass is 285 g/mol. The van der Waals surface area contributed by atoms with E-state index in [1.54, 1.807) is 4.90 Å². The van der Waals surface area contributed by atoms with Crippen LogP contribution in [0.3, 0.4) is 0 Å². The molecule has 0 radical (unpaired) electrons. The van der Waals surface area contributed by atoms with E-state index >= 15 is 0 Å². The number of anilines is 1. The van der Waals surface area contributed by atoms with Crippen molar-refractivity contribution in [3.8, 4) is 0 Å². The summed E-state index contributed by atoms with van der Waals surface area (Å²) in [6, 6.07) is 5.55. The van der Waals surface area contributed by atoms with E-state index < -0.39 is 0 Å². The minimum atomic E-state index is 0.0896. The van der Waals surface area contributed by atoms with Crippen LogP contribution in [-0.4, -0.2) is 35.4 Å². The molecule has 1 N–H and O–H groups in total. The van der Waals surface area contributed by atoms with Crippen molar-refractivity contribution in [2.45, 2.75) is 13.8 Å². The van der Waals surface area contributed by atoms with Crippen LogP contribution in [0.5, 0.6) is 0 Å². The molecule has 0 aliphatic heterocycles. The van der Waals surface area contributed by atoms with Crippen molar-refractivity contribution in [1.82, 2.24) is 9.88 Å². The molecular formula is C11H16BrN3O. The molecule has 0 unspecified atom stereocenters. The van der Waals surface area contributed by atoms with Gasteiger partial charge in [-0.1, -0.05) is 6.07 Å². The lowest BCUT2D eigenvalue weighted by Gasteiger charge is -2.18. The SMILES string of the molecule is CCN(CC)C(=O)CNc1cccc(Br)n1. The first-order chi connectivity index (χ1) is 7.67. The van der Waals surface area contributed by atoms with Gasteiger partial charge in [-0.2, -0.15) is 0 Å². The summed E-state index contributed by atoms with van der Waals surface area (Å²) >= 11 is 3.28. The minimum Gasteiger partial charge on any atom is -0.361 e. The number of nitrogens with one attached hydrogen (secondary N) is 1. The largest absolute Gasteiger partial charge is 0.361 e. The summed E-state index contributed by atoms with van der Waals surface area (Å²) in [5.41, 5.74) is 0. The van der Waals surface area contributed by atoms with E-state index in [0.29, 0.717) is 5.82 Å². The fourth-order valence-electron chi connectivity index (χ4n) is 1.36. The second-order valence-electron chi connectivity index (χ2n) is 3.27. The van der Waals surface area contributed by atoms with Crippen LogP contribution in [-0.2, 0) is 4.79 Å². The zero-order valence-corrected chi connectivity index (χ0v) is 11.1. The molecule has 0 saturated heterocycles. The van der Waals surface area contributed by atoms with Gasteiger partial charge >= 0.3 is 0 Å². The number of nitrogens with zero attached hydrogens (tertiary/aromatic N) is 2. The van der Waals surface area contributed by atoms with Crippen LogP contribution in [0.1, 0.15) is 13.8 Å². The van der Waals surface area contributed by atoms with Crippen molar-refractivity contribution in [3.05, 3.63) is 22.8 Å². The zero-order valence-electron chi connectivity index (χ0n) is 9.53. The van der Waals surface area contributed by atoms with E-state index in [4.69, 9.17) is 0 Å². The molecule has 1 aromatic heterocycles. The van der Waals surface area contributed by atoms with E-state index in [1.807, 2.05) is 32.0 Å². The van der Waals surface area contributed by atoms with Gasteiger partial charge in [0.25, 0.3) is 0 Å². The Morgan fingerprint density at radius 2 is 2.12 bits per heavy atom. The number of carbonyl (C=O) groups excluding carboxylic acids is 1. The third-order valence-corrected chi connectivity index (χ3v) is 2.69. The van der Waals surface area contributed by atoms with Gasteiger partial charge in [0.1, 0.15) is 10.4 Å². The van der Waals surface area contributed by atoms with Crippen LogP contribution in [0.15, 0.2) is 22.8 Å². The Hall–Kier alpha value is -1.10. The summed E-state index contributed by atoms with van der Waals surface area (Å²) in [6.45, 7) is 5.70. The zero-order chi connectivity index (χ0) is 12.0. The van der Waals surface area contributed by atoms with E-state index in [0.717, 1.165) is 17.7 Å². The molecule has 0 aromatic carbocycles. The standard InChI is InChI=1S/C11H16BrN3O/c1-3-15(4-2)11(16)8-13-10-7-5-6-9(12)14-10/h5-7H,3-4,8H2,1-2H3,(H,13,14). The predicted molar refractivity (Wildman–Crippen MR) is 68.4 cm³/mol. The van der Waals surface area contributed by atoms with Crippen LogP contribution in [0.25, 0.3) is 0 Å². The third kappa shape index (κ3) is 3.81. The number of pyridine rings is 1. The van der Waals surface area contributed by atoms with E-state index in [-0.39, 0.29) is 12.5 Å². The summed E-state index contributed by atoms with van der Waals surface area (Å²) in [5, 5.41) is 3.00. The first kappa shape index (κ1) is 13.0. The fraction of sp³-hybridized carbons (Fsp3) is 0.455. The predicted octanol–water partition coefficient (Wildman–Crippen LogP) is 2.12. The highest BCUT2D eigenvalue weighted by molar-refractivity contribution is 9.10. The van der Waals surface area contributed by atoms with E-state index in [1.165, 1.54) is 0 Å². The van der Waals surface area contributed by atoms with Crippen LogP contribution in [0.2, 0.25) is 0 Å². The number of amides is 1. The molecule has 0 fully saturated rings. The van der Waals surface area contributed by atoms with Crippen LogP contribution in [0.4, 0.5) is 5.82 Å². The topological polar surface area (TPSA) is 45.2 Å². The first-order valence-corrected chi connectivity index (χ1v) is 6.10. The van der Waals surface area contributed by atoms with Crippen LogP contribution in [0, 0.1) is 0 Å². The lowest BCUT2D eigenvalue weighted by Crippen LogP contribution is -2.35. The van der Waals surface area contributed by atoms with Crippen molar-refractivity contribution in [3.63, 3.8) is 0 Å². The van der Waals surface area contributed by atoms with Gasteiger partial charge < -0.3 is 10.2 Å². The summed E-state index contributed by atoms with van der Waals surface area (Å²) in [5.74, 6) is 0.793. The highest BCUT2D eigenvalue weighted by Crippen LogP contribution is 2.09. The Kier molecular flexibility index (Phi) is 5.25. The summed E-state index contributed by atoms with van der Waals surface area (Å²) in [6.07, 6.45) is 0. The highest BCUT2D eigenvalue weighted by atomic mass is 79.9. The van der Waals surface area contributed by atoms with Crippen molar-refractivity contribution >= 4 is 27.7 Å². The smallest absolute Gasteiger partial charge is 0.241 e. The Balaban J connectivity index is 2.48. The van der Waals surface area contributed by atoms with Gasteiger partial charge in [-0.15, -0.1) is 0 Å². The molecular weight excluding hydrogens is 270 g/mol. The molecule has 0 atom stereocenters. The Labute approximate surface area is 104 Å². The second kappa shape index (κ2) is 6.48. The first-order valence-electron chi connectivity index (χ1n) is 5.31. The third-order valence-electron chi connectivity index (χ3n) is 2.25. The number of hydrogen-bond acceptors (Lipinski definition) is 3. The number of halogens is 1. The van der Waals surface area contributed by atoms with Gasteiger partial charge in [-0.3, -0.25) is 4.79 Å². The van der Waals surface area contributed by atoms with Gasteiger partial charge in [0.05, 0.1) is 6.54 Å². The number of rotatable bonds is 5. The quantitative estimate of drug-likeness (QED) is 0.843. The molecule has 16 heavy (non-hydrogen) atoms. The van der Waals surface area contributed by atoms with Crippen molar-refractivity contribution in [1.29, 1.82) is 0 Å². The molecule has 1 amide bonds. The van der Waals surface area contributed by atoms with Gasteiger partial charge in [-0.05, 0) is 41.9 Å². The lowest BCUT2D eigenvalue weighted by molar-refractivity contribution is -0.128. The number of carbonyl (C=O) groups is 1. The van der Waals surface area contributed by atoms with Crippen molar-refractivity contribution < 1.29 is 4.79 Å². The van der Waals surface area contributed by atoms with Crippen LogP contribution < -0.4 is 5.32 Å². The molecule has 5 heteroatoms. The number of hydrogen-bond donors (Lipinski definition) is 1. The Bertz CT molecular complexity index is 353. The van der Waals surface area contributed by atoms with Crippen molar-refractivity contribution in [2.24, 2.45) is 0 Å². The molecule has 88 valence electrons. The van der Waals surface area contributed by atoms with Crippen LogP contribution >= 0.6 is 15.9 Å². The molecule has 0 bridgehead atoms. The number of likely N-dealkylation sites (N-methyl/N-ethyl adjacent to an activating group) is 1. The molecule has 1 aromatic rings. The number of aromatic nitrogens is 1. The van der Waals surface area contributed by atoms with Crippen molar-refractivity contribution in [2.75, 3.05) is 25.0 Å². The lowest BCUT2D eigenvalue weighted by atomic mass is 10.4. The van der Waals surface area contributed by atoms with E-state index in [9.17, 15) is 4.79 Å². The second-order valence-corrected chi connectivity index (χ2v) is 4.08. The summed E-state index contributed by atoms with van der Waals surface area (Å²) in [7, 11) is 0. The highest BCUT2D eigenvalue weighted by Gasteiger charge is 2.08. The summed E-state index contributed by atoms with van der Waals surface area (Å²) in [4.78, 5) is 17.7. The maximum Gasteiger partial charge on any atom is 0.241 e. The van der Waals surface area contributed by atoms with Gasteiger partial charge in [0.2, 0.25) is 5.91 Å². The molecule has 1 heterocycles. The van der Waals surface area contributed by atoms with Gasteiger partial charge in [-0.25, -0.2) is 4.98 Å². The molecule has 4 nitrogen and oxygen atoms in total. The Morgan fingerprint density at radius 3 is 2.69 bits per heavy atom. The van der Waals surface area contributed by atoms with Gasteiger partial charge in [0, 0.05) is 13.1 Å². The maximum atomic E-state index is 11.7. The minimum absolute atomic E-state index is 0.0896. The molecule has 1 rings (SSSR count). The maximum absolute atomic E-state index is 11.7. The molecule has 0 aliphatic carbocycles. The Morgan fingerprint density at radius 1 is 1.44 bits per heavy atom. The molecule has 0 aliphatic rings. The normalized spacial score (nSPS) is 9.94. The fourth-order valence-corrected chi connectivity index (χ4v) is 1.70.